The van der Waals surface area contributed by atoms with Gasteiger partial charge in [0.1, 0.15) is 5.25 Å². The maximum atomic E-state index is 12.6. The Morgan fingerprint density at radius 3 is 2.58 bits per heavy atom. The van der Waals surface area contributed by atoms with Crippen molar-refractivity contribution in [2.75, 3.05) is 0 Å². The molecule has 2 rings (SSSR count). The monoisotopic (exact) mass is 351 g/mol. The number of carbonyl (C=O) groups is 1. The molecule has 0 aliphatic heterocycles. The van der Waals surface area contributed by atoms with Crippen LogP contribution in [0, 0.1) is 18.8 Å². The molecule has 0 heterocycles. The minimum Gasteiger partial charge on any atom is -0.352 e. The van der Waals surface area contributed by atoms with E-state index in [2.05, 4.69) is 19.2 Å². The predicted molar refractivity (Wildman–Crippen MR) is 97.4 cm³/mol. The van der Waals surface area contributed by atoms with Gasteiger partial charge in [0.2, 0.25) is 5.91 Å². The van der Waals surface area contributed by atoms with Crippen LogP contribution in [-0.2, 0) is 20.4 Å². The fraction of sp³-hybridized carbons (Fsp3) is 0.632. The fourth-order valence-corrected chi connectivity index (χ4v) is 4.76. The van der Waals surface area contributed by atoms with Gasteiger partial charge < -0.3 is 5.32 Å². The van der Waals surface area contributed by atoms with E-state index in [1.165, 1.54) is 13.3 Å². The zero-order chi connectivity index (χ0) is 17.9. The van der Waals surface area contributed by atoms with Gasteiger partial charge >= 0.3 is 0 Å². The first-order chi connectivity index (χ1) is 11.2. The van der Waals surface area contributed by atoms with E-state index in [1.54, 1.807) is 0 Å². The zero-order valence-corrected chi connectivity index (χ0v) is 15.9. The van der Waals surface area contributed by atoms with Crippen LogP contribution in [0.15, 0.2) is 24.3 Å². The first-order valence-corrected chi connectivity index (χ1v) is 10.5. The predicted octanol–water partition coefficient (Wildman–Crippen LogP) is 3.24. The van der Waals surface area contributed by atoms with Crippen LogP contribution >= 0.6 is 0 Å². The molecule has 4 nitrogen and oxygen atoms in total. The molecule has 134 valence electrons. The Kier molecular flexibility index (Phi) is 6.07. The Labute approximate surface area is 146 Å². The minimum atomic E-state index is -3.53. The molecule has 1 N–H and O–H groups in total. The summed E-state index contributed by atoms with van der Waals surface area (Å²) in [6.07, 6.45) is 3.19. The molecule has 0 aromatic heterocycles. The lowest BCUT2D eigenvalue weighted by atomic mass is 9.78. The summed E-state index contributed by atoms with van der Waals surface area (Å²) in [4.78, 5) is 12.5. The number of benzene rings is 1. The minimum absolute atomic E-state index is 0.0809. The second kappa shape index (κ2) is 7.68. The third kappa shape index (κ3) is 4.38. The van der Waals surface area contributed by atoms with Crippen LogP contribution in [0.4, 0.5) is 0 Å². The van der Waals surface area contributed by atoms with Gasteiger partial charge in [0, 0.05) is 6.04 Å². The van der Waals surface area contributed by atoms with Crippen LogP contribution in [0.2, 0.25) is 0 Å². The number of amides is 1. The van der Waals surface area contributed by atoms with Gasteiger partial charge in [0.05, 0.1) is 5.75 Å². The molecule has 0 unspecified atom stereocenters. The van der Waals surface area contributed by atoms with Crippen molar-refractivity contribution in [1.29, 1.82) is 0 Å². The molecule has 0 bridgehead atoms. The second-order valence-corrected chi connectivity index (χ2v) is 9.58. The Balaban J connectivity index is 2.05. The molecule has 1 aromatic carbocycles. The quantitative estimate of drug-likeness (QED) is 0.886. The van der Waals surface area contributed by atoms with Crippen molar-refractivity contribution in [3.63, 3.8) is 0 Å². The maximum absolute atomic E-state index is 12.6. The third-order valence-corrected chi connectivity index (χ3v) is 7.57. The number of nitrogens with one attached hydrogen (secondary N) is 1. The molecular formula is C19H29NO3S. The van der Waals surface area contributed by atoms with Crippen LogP contribution < -0.4 is 5.32 Å². The highest BCUT2D eigenvalue weighted by molar-refractivity contribution is 7.92. The highest BCUT2D eigenvalue weighted by Gasteiger charge is 2.33. The molecule has 5 heteroatoms. The molecule has 0 saturated heterocycles. The van der Waals surface area contributed by atoms with E-state index >= 15 is 0 Å². The molecule has 1 saturated carbocycles. The zero-order valence-electron chi connectivity index (χ0n) is 15.1. The summed E-state index contributed by atoms with van der Waals surface area (Å²) < 4.78 is 25.2. The van der Waals surface area contributed by atoms with Crippen LogP contribution in [0.5, 0.6) is 0 Å². The molecule has 0 spiro atoms. The molecule has 24 heavy (non-hydrogen) atoms. The van der Waals surface area contributed by atoms with Crippen molar-refractivity contribution < 1.29 is 13.2 Å². The van der Waals surface area contributed by atoms with Gasteiger partial charge in [-0.1, -0.05) is 51.0 Å². The Morgan fingerprint density at radius 1 is 1.25 bits per heavy atom. The lowest BCUT2D eigenvalue weighted by Crippen LogP contribution is -2.48. The molecule has 1 aromatic rings. The number of hydrogen-bond acceptors (Lipinski definition) is 3. The van der Waals surface area contributed by atoms with Crippen molar-refractivity contribution in [3.8, 4) is 0 Å². The summed E-state index contributed by atoms with van der Waals surface area (Å²) in [6, 6.07) is 7.49. The summed E-state index contributed by atoms with van der Waals surface area (Å²) in [7, 11) is -3.53. The van der Waals surface area contributed by atoms with Crippen LogP contribution in [0.25, 0.3) is 0 Å². The van der Waals surface area contributed by atoms with Crippen LogP contribution in [0.3, 0.4) is 0 Å². The number of carbonyl (C=O) groups excluding carboxylic acids is 1. The van der Waals surface area contributed by atoms with Gasteiger partial charge in [-0.25, -0.2) is 8.42 Å². The Bertz CT molecular complexity index is 684. The number of hydrogen-bond donors (Lipinski definition) is 1. The highest BCUT2D eigenvalue weighted by atomic mass is 32.2. The smallest absolute Gasteiger partial charge is 0.238 e. The van der Waals surface area contributed by atoms with Crippen molar-refractivity contribution in [2.45, 2.75) is 64.0 Å². The van der Waals surface area contributed by atoms with Gasteiger partial charge in [0.15, 0.2) is 9.84 Å². The second-order valence-electron chi connectivity index (χ2n) is 7.26. The standard InChI is InChI=1S/C19H29NO3S/c1-13-9-7-11-18(15(13)3)20-19(21)16(4)24(22,23)12-17-10-6-5-8-14(17)2/h5-6,8,10,13,15-16,18H,7,9,11-12H2,1-4H3,(H,20,21)/t13-,15+,16+,18+/m0/s1. The largest absolute Gasteiger partial charge is 0.352 e. The first kappa shape index (κ1) is 19.0. The molecule has 1 aliphatic rings. The van der Waals surface area contributed by atoms with Crippen molar-refractivity contribution in [1.82, 2.24) is 5.32 Å². The Morgan fingerprint density at radius 2 is 1.92 bits per heavy atom. The van der Waals surface area contributed by atoms with Gasteiger partial charge in [-0.15, -0.1) is 0 Å². The molecule has 1 amide bonds. The summed E-state index contributed by atoms with van der Waals surface area (Å²) in [5.74, 6) is 0.483. The highest BCUT2D eigenvalue weighted by Crippen LogP contribution is 2.29. The lowest BCUT2D eigenvalue weighted by Gasteiger charge is -2.35. The third-order valence-electron chi connectivity index (χ3n) is 5.56. The summed E-state index contributed by atoms with van der Waals surface area (Å²) in [5.41, 5.74) is 1.69. The fourth-order valence-electron chi connectivity index (χ4n) is 3.36. The molecule has 0 radical (unpaired) electrons. The summed E-state index contributed by atoms with van der Waals surface area (Å²) in [6.45, 7) is 7.73. The maximum Gasteiger partial charge on any atom is 0.238 e. The van der Waals surface area contributed by atoms with E-state index in [0.717, 1.165) is 24.0 Å². The Hall–Kier alpha value is -1.36. The molecule has 4 atom stereocenters. The molecular weight excluding hydrogens is 322 g/mol. The molecule has 1 fully saturated rings. The number of sulfone groups is 1. The summed E-state index contributed by atoms with van der Waals surface area (Å²) >= 11 is 0. The number of rotatable bonds is 5. The average molecular weight is 352 g/mol. The van der Waals surface area contributed by atoms with E-state index in [4.69, 9.17) is 0 Å². The van der Waals surface area contributed by atoms with E-state index in [0.29, 0.717) is 11.8 Å². The van der Waals surface area contributed by atoms with Crippen molar-refractivity contribution in [3.05, 3.63) is 35.4 Å². The van der Waals surface area contributed by atoms with E-state index in [9.17, 15) is 13.2 Å². The van der Waals surface area contributed by atoms with E-state index < -0.39 is 15.1 Å². The topological polar surface area (TPSA) is 63.2 Å². The van der Waals surface area contributed by atoms with Gasteiger partial charge in [0.25, 0.3) is 0 Å². The van der Waals surface area contributed by atoms with Crippen molar-refractivity contribution in [2.24, 2.45) is 11.8 Å². The number of aryl methyl sites for hydroxylation is 1. The first-order valence-electron chi connectivity index (χ1n) is 8.79. The van der Waals surface area contributed by atoms with Crippen LogP contribution in [-0.4, -0.2) is 25.6 Å². The lowest BCUT2D eigenvalue weighted by molar-refractivity contribution is -0.121. The van der Waals surface area contributed by atoms with Crippen LogP contribution in [0.1, 0.15) is 51.2 Å². The van der Waals surface area contributed by atoms with Gasteiger partial charge in [-0.3, -0.25) is 4.79 Å². The normalized spacial score (nSPS) is 25.9. The SMILES string of the molecule is Cc1ccccc1CS(=O)(=O)[C@H](C)C(=O)N[C@@H]1CCC[C@H](C)[C@H]1C. The summed E-state index contributed by atoms with van der Waals surface area (Å²) in [5, 5.41) is 1.96. The van der Waals surface area contributed by atoms with Gasteiger partial charge in [-0.05, 0) is 43.2 Å². The molecule has 1 aliphatic carbocycles. The van der Waals surface area contributed by atoms with Gasteiger partial charge in [-0.2, -0.15) is 0 Å². The van der Waals surface area contributed by atoms with Crippen molar-refractivity contribution >= 4 is 15.7 Å². The average Bonchev–Trinajstić information content (AvgIpc) is 2.53. The van der Waals surface area contributed by atoms with E-state index in [-0.39, 0.29) is 17.7 Å². The van der Waals surface area contributed by atoms with E-state index in [1.807, 2.05) is 31.2 Å².